The molecule has 2 atom stereocenters. The van der Waals surface area contributed by atoms with E-state index in [1.807, 2.05) is 0 Å². The van der Waals surface area contributed by atoms with E-state index >= 15 is 0 Å². The van der Waals surface area contributed by atoms with Crippen LogP contribution in [0.3, 0.4) is 0 Å². The third kappa shape index (κ3) is 4.85. The topological polar surface area (TPSA) is 77.8 Å². The van der Waals surface area contributed by atoms with Crippen LogP contribution in [0.2, 0.25) is 10.0 Å². The lowest BCUT2D eigenvalue weighted by Gasteiger charge is -2.19. The number of aliphatic hydroxyl groups excluding tert-OH is 2. The molecule has 0 spiro atoms. The summed E-state index contributed by atoms with van der Waals surface area (Å²) in [5.74, 6) is 0.209. The van der Waals surface area contributed by atoms with Crippen molar-refractivity contribution >= 4 is 40.1 Å². The predicted molar refractivity (Wildman–Crippen MR) is 76.8 cm³/mol. The number of hydrogen-bond donors (Lipinski definition) is 3. The van der Waals surface area contributed by atoms with Crippen LogP contribution in [0.1, 0.15) is 25.0 Å². The fourth-order valence-corrected chi connectivity index (χ4v) is 2.56. The largest absolute Gasteiger partial charge is 0.506 e. The van der Waals surface area contributed by atoms with Crippen molar-refractivity contribution in [3.8, 4) is 5.75 Å². The summed E-state index contributed by atoms with van der Waals surface area (Å²) >= 11 is 12.7. The molecule has 0 amide bonds. The predicted octanol–water partition coefficient (Wildman–Crippen LogP) is 2.76. The highest BCUT2D eigenvalue weighted by molar-refractivity contribution is 8.13. The van der Waals surface area contributed by atoms with Gasteiger partial charge in [-0.05, 0) is 12.5 Å². The second kappa shape index (κ2) is 7.36. The Morgan fingerprint density at radius 3 is 2.53 bits per heavy atom. The minimum absolute atomic E-state index is 0.0451. The van der Waals surface area contributed by atoms with Crippen LogP contribution >= 0.6 is 35.0 Å². The molecule has 0 fully saturated rings. The van der Waals surface area contributed by atoms with Crippen molar-refractivity contribution in [3.05, 3.63) is 27.7 Å². The quantitative estimate of drug-likeness (QED) is 0.776. The Morgan fingerprint density at radius 2 is 1.95 bits per heavy atom. The van der Waals surface area contributed by atoms with Crippen LogP contribution < -0.4 is 0 Å². The Morgan fingerprint density at radius 1 is 1.32 bits per heavy atom. The molecule has 0 aliphatic carbocycles. The van der Waals surface area contributed by atoms with Crippen molar-refractivity contribution in [2.75, 3.05) is 5.75 Å². The minimum Gasteiger partial charge on any atom is -0.506 e. The Balaban J connectivity index is 2.73. The molecule has 0 aliphatic heterocycles. The van der Waals surface area contributed by atoms with Crippen molar-refractivity contribution in [3.63, 3.8) is 0 Å². The number of hydrogen-bond acceptors (Lipinski definition) is 5. The molecule has 19 heavy (non-hydrogen) atoms. The smallest absolute Gasteiger partial charge is 0.185 e. The third-order valence-electron chi connectivity index (χ3n) is 2.47. The van der Waals surface area contributed by atoms with Crippen LogP contribution in [0.4, 0.5) is 0 Å². The van der Waals surface area contributed by atoms with Gasteiger partial charge in [-0.25, -0.2) is 0 Å². The van der Waals surface area contributed by atoms with Gasteiger partial charge in [0, 0.05) is 24.3 Å². The van der Waals surface area contributed by atoms with Crippen molar-refractivity contribution in [2.24, 2.45) is 0 Å². The van der Waals surface area contributed by atoms with Crippen molar-refractivity contribution in [1.29, 1.82) is 0 Å². The van der Waals surface area contributed by atoms with Gasteiger partial charge in [0.1, 0.15) is 11.9 Å². The molecule has 0 heterocycles. The second-order valence-corrected chi connectivity index (χ2v) is 6.05. The first-order valence-corrected chi connectivity index (χ1v) is 7.24. The number of phenols is 1. The average molecular weight is 325 g/mol. The lowest BCUT2D eigenvalue weighted by atomic mass is 10.0. The number of aliphatic hydroxyl groups is 2. The first-order chi connectivity index (χ1) is 8.82. The molecule has 0 bridgehead atoms. The van der Waals surface area contributed by atoms with Gasteiger partial charge in [-0.3, -0.25) is 4.79 Å². The fraction of sp³-hybridized carbons (Fsp3) is 0.417. The fourth-order valence-electron chi connectivity index (χ4n) is 1.47. The molecular weight excluding hydrogens is 311 g/mol. The molecule has 0 saturated heterocycles. The van der Waals surface area contributed by atoms with E-state index in [0.29, 0.717) is 5.75 Å². The van der Waals surface area contributed by atoms with Gasteiger partial charge in [0.15, 0.2) is 5.12 Å². The summed E-state index contributed by atoms with van der Waals surface area (Å²) in [5, 5.41) is 29.3. The van der Waals surface area contributed by atoms with Gasteiger partial charge in [0.05, 0.1) is 16.1 Å². The van der Waals surface area contributed by atoms with Crippen LogP contribution in [0.5, 0.6) is 5.75 Å². The van der Waals surface area contributed by atoms with Gasteiger partial charge in [-0.2, -0.15) is 0 Å². The number of phenolic OH excluding ortho intramolecular Hbond substituents is 1. The van der Waals surface area contributed by atoms with Crippen LogP contribution in [0.25, 0.3) is 0 Å². The van der Waals surface area contributed by atoms with Gasteiger partial charge in [0.2, 0.25) is 0 Å². The van der Waals surface area contributed by atoms with Crippen molar-refractivity contribution < 1.29 is 20.1 Å². The van der Waals surface area contributed by atoms with Crippen molar-refractivity contribution in [1.82, 2.24) is 0 Å². The molecule has 0 saturated carbocycles. The lowest BCUT2D eigenvalue weighted by molar-refractivity contribution is -0.109. The van der Waals surface area contributed by atoms with E-state index < -0.39 is 12.2 Å². The Kier molecular flexibility index (Phi) is 6.42. The number of carbonyl (C=O) groups is 1. The summed E-state index contributed by atoms with van der Waals surface area (Å²) < 4.78 is 0. The zero-order valence-electron chi connectivity index (χ0n) is 10.1. The Hall–Kier alpha value is -0.460. The summed E-state index contributed by atoms with van der Waals surface area (Å²) in [4.78, 5) is 10.8. The maximum absolute atomic E-state index is 10.8. The first kappa shape index (κ1) is 16.6. The van der Waals surface area contributed by atoms with Crippen LogP contribution in [-0.2, 0) is 4.79 Å². The summed E-state index contributed by atoms with van der Waals surface area (Å²) in [6.45, 7) is 1.43. The minimum atomic E-state index is -1.22. The maximum atomic E-state index is 10.8. The van der Waals surface area contributed by atoms with E-state index in [1.54, 1.807) is 0 Å². The molecule has 106 valence electrons. The molecule has 0 aromatic heterocycles. The second-order valence-electron chi connectivity index (χ2n) is 3.97. The normalized spacial score (nSPS) is 14.2. The van der Waals surface area contributed by atoms with E-state index in [1.165, 1.54) is 19.1 Å². The maximum Gasteiger partial charge on any atom is 0.185 e. The van der Waals surface area contributed by atoms with Gasteiger partial charge in [-0.15, -0.1) is 0 Å². The summed E-state index contributed by atoms with van der Waals surface area (Å²) in [6.07, 6.45) is -2.05. The highest BCUT2D eigenvalue weighted by atomic mass is 35.5. The zero-order valence-corrected chi connectivity index (χ0v) is 12.5. The first-order valence-electron chi connectivity index (χ1n) is 5.50. The summed E-state index contributed by atoms with van der Waals surface area (Å²) in [7, 11) is 0. The molecular formula is C12H14Cl2O4S. The van der Waals surface area contributed by atoms with E-state index in [2.05, 4.69) is 0 Å². The lowest BCUT2D eigenvalue weighted by Crippen LogP contribution is -2.19. The Bertz CT molecular complexity index is 467. The van der Waals surface area contributed by atoms with Crippen LogP contribution in [-0.4, -0.2) is 32.3 Å². The number of rotatable bonds is 5. The third-order valence-corrected chi connectivity index (χ3v) is 3.94. The van der Waals surface area contributed by atoms with Gasteiger partial charge >= 0.3 is 0 Å². The standard InChI is InChI=1S/C12H14Cl2O4S/c1-6(15)19-3-2-10(16)12(18)7-4-9(14)11(17)5-8(7)13/h4-5,10,12,16-18H,2-3H2,1H3. The van der Waals surface area contributed by atoms with E-state index in [9.17, 15) is 20.1 Å². The van der Waals surface area contributed by atoms with Gasteiger partial charge in [0.25, 0.3) is 0 Å². The molecule has 3 N–H and O–H groups in total. The number of aromatic hydroxyl groups is 1. The van der Waals surface area contributed by atoms with Crippen LogP contribution in [0, 0.1) is 0 Å². The van der Waals surface area contributed by atoms with Crippen molar-refractivity contribution in [2.45, 2.75) is 25.6 Å². The molecule has 0 aliphatic rings. The van der Waals surface area contributed by atoms with E-state index in [4.69, 9.17) is 23.2 Å². The summed E-state index contributed by atoms with van der Waals surface area (Å²) in [5.41, 5.74) is 0.241. The SMILES string of the molecule is CC(=O)SCCC(O)C(O)c1cc(Cl)c(O)cc1Cl. The van der Waals surface area contributed by atoms with E-state index in [-0.39, 0.29) is 32.9 Å². The van der Waals surface area contributed by atoms with Gasteiger partial charge < -0.3 is 15.3 Å². The molecule has 0 radical (unpaired) electrons. The monoisotopic (exact) mass is 324 g/mol. The molecule has 4 nitrogen and oxygen atoms in total. The van der Waals surface area contributed by atoms with Gasteiger partial charge in [-0.1, -0.05) is 35.0 Å². The highest BCUT2D eigenvalue weighted by Gasteiger charge is 2.22. The molecule has 1 aromatic rings. The zero-order chi connectivity index (χ0) is 14.6. The number of benzene rings is 1. The highest BCUT2D eigenvalue weighted by Crippen LogP contribution is 2.34. The molecule has 2 unspecified atom stereocenters. The number of carbonyl (C=O) groups excluding carboxylic acids is 1. The molecule has 1 aromatic carbocycles. The van der Waals surface area contributed by atoms with E-state index in [0.717, 1.165) is 11.8 Å². The average Bonchev–Trinajstić information content (AvgIpc) is 2.32. The van der Waals surface area contributed by atoms with Crippen LogP contribution in [0.15, 0.2) is 12.1 Å². The number of thioether (sulfide) groups is 1. The Labute approximate surface area is 125 Å². The number of halogens is 2. The molecule has 1 rings (SSSR count). The molecule has 7 heteroatoms. The summed E-state index contributed by atoms with van der Waals surface area (Å²) in [6, 6.07) is 2.52.